The number of nitrogens with zero attached hydrogens (tertiary/aromatic N) is 1. The fourth-order valence-electron chi connectivity index (χ4n) is 8.96. The molecule has 0 amide bonds. The number of hydrogen-bond donors (Lipinski definition) is 0. The molecule has 1 heterocycles. The lowest BCUT2D eigenvalue weighted by molar-refractivity contribution is 0.103. The highest BCUT2D eigenvalue weighted by Crippen LogP contribution is 2.52. The first kappa shape index (κ1) is 29.8. The maximum absolute atomic E-state index is 14.9. The van der Waals surface area contributed by atoms with E-state index in [0.717, 1.165) is 71.9 Å². The molecule has 2 aliphatic rings. The lowest BCUT2D eigenvalue weighted by atomic mass is 9.72. The summed E-state index contributed by atoms with van der Waals surface area (Å²) in [5, 5.41) is 6.96. The van der Waals surface area contributed by atoms with Gasteiger partial charge in [0, 0.05) is 16.7 Å². The monoisotopic (exact) mass is 673 g/mol. The SMILES string of the molecule is O=C1c2cccc3c2C(C(c2ccc4ccccc4c2)=N3)c2cccc(-c3c4ccccc4c(-c4ccc(-c5ccccc5)cc4)c4ccccc34)c21. The molecule has 0 saturated heterocycles. The van der Waals surface area contributed by atoms with E-state index in [4.69, 9.17) is 4.99 Å². The zero-order valence-corrected chi connectivity index (χ0v) is 28.8. The Morgan fingerprint density at radius 1 is 0.396 bits per heavy atom. The summed E-state index contributed by atoms with van der Waals surface area (Å²) in [6, 6.07) is 64.3. The van der Waals surface area contributed by atoms with Gasteiger partial charge in [0.2, 0.25) is 0 Å². The minimum atomic E-state index is -0.144. The molecule has 0 spiro atoms. The summed E-state index contributed by atoms with van der Waals surface area (Å²) in [6.07, 6.45) is 0. The lowest BCUT2D eigenvalue weighted by Crippen LogP contribution is -2.23. The van der Waals surface area contributed by atoms with Crippen LogP contribution >= 0.6 is 0 Å². The van der Waals surface area contributed by atoms with Crippen LogP contribution in [0.3, 0.4) is 0 Å². The highest BCUT2D eigenvalue weighted by molar-refractivity contribution is 6.27. The van der Waals surface area contributed by atoms with Crippen LogP contribution in [0.4, 0.5) is 5.69 Å². The Labute approximate surface area is 307 Å². The number of ketones is 1. The fraction of sp³-hybridized carbons (Fsp3) is 0.0196. The van der Waals surface area contributed by atoms with Crippen LogP contribution in [0.1, 0.15) is 38.5 Å². The molecular formula is C51H31NO. The quantitative estimate of drug-likeness (QED) is 0.171. The van der Waals surface area contributed by atoms with Crippen LogP contribution in [0.15, 0.2) is 187 Å². The van der Waals surface area contributed by atoms with Gasteiger partial charge in [-0.05, 0) is 89.0 Å². The zero-order valence-electron chi connectivity index (χ0n) is 28.8. The predicted octanol–water partition coefficient (Wildman–Crippen LogP) is 13.0. The van der Waals surface area contributed by atoms with E-state index in [0.29, 0.717) is 0 Å². The molecule has 2 heteroatoms. The minimum absolute atomic E-state index is 0.0624. The first-order chi connectivity index (χ1) is 26.2. The van der Waals surface area contributed by atoms with Gasteiger partial charge in [-0.25, -0.2) is 0 Å². The number of carbonyl (C=O) groups excluding carboxylic acids is 1. The van der Waals surface area contributed by atoms with Crippen LogP contribution in [0.5, 0.6) is 0 Å². The van der Waals surface area contributed by atoms with E-state index in [2.05, 4.69) is 164 Å². The van der Waals surface area contributed by atoms with Crippen molar-refractivity contribution in [2.45, 2.75) is 5.92 Å². The zero-order chi connectivity index (χ0) is 35.0. The van der Waals surface area contributed by atoms with E-state index in [1.54, 1.807) is 0 Å². The molecule has 1 aliphatic carbocycles. The second-order valence-electron chi connectivity index (χ2n) is 14.1. The van der Waals surface area contributed by atoms with Crippen LogP contribution in [0, 0.1) is 0 Å². The topological polar surface area (TPSA) is 29.4 Å². The number of carbonyl (C=O) groups is 1. The maximum atomic E-state index is 14.9. The second kappa shape index (κ2) is 11.6. The van der Waals surface area contributed by atoms with Crippen molar-refractivity contribution < 1.29 is 4.79 Å². The van der Waals surface area contributed by atoms with Crippen LogP contribution in [0.25, 0.3) is 65.7 Å². The standard InChI is InChI=1S/C51H31NO/c53-51-43-22-11-23-44-48(43)49(50(52-44)36-29-26-32-14-4-5-15-35(32)30-36)42-21-10-20-41(47(42)51)46-39-18-8-6-16-37(39)45(38-17-7-9-19-40(38)46)34-27-24-33(25-28-34)31-12-2-1-3-13-31/h1-30,49H. The van der Waals surface area contributed by atoms with Crippen molar-refractivity contribution in [2.75, 3.05) is 0 Å². The average molecular weight is 674 g/mol. The maximum Gasteiger partial charge on any atom is 0.194 e. The van der Waals surface area contributed by atoms with Gasteiger partial charge in [-0.2, -0.15) is 0 Å². The molecule has 9 aromatic rings. The van der Waals surface area contributed by atoms with Gasteiger partial charge in [0.25, 0.3) is 0 Å². The largest absolute Gasteiger partial charge is 0.289 e. The van der Waals surface area contributed by atoms with E-state index in [1.165, 1.54) is 33.0 Å². The van der Waals surface area contributed by atoms with Crippen molar-refractivity contribution in [3.8, 4) is 33.4 Å². The van der Waals surface area contributed by atoms with Crippen LogP contribution in [0.2, 0.25) is 0 Å². The molecule has 53 heavy (non-hydrogen) atoms. The summed E-state index contributed by atoms with van der Waals surface area (Å²) < 4.78 is 0. The molecule has 1 atom stereocenters. The first-order valence-electron chi connectivity index (χ1n) is 18.2. The van der Waals surface area contributed by atoms with Gasteiger partial charge < -0.3 is 0 Å². The highest BCUT2D eigenvalue weighted by Gasteiger charge is 2.41. The Bertz CT molecular complexity index is 2950. The smallest absolute Gasteiger partial charge is 0.194 e. The number of fused-ring (bicyclic) bond motifs is 5. The summed E-state index contributed by atoms with van der Waals surface area (Å²) in [4.78, 5) is 20.2. The number of benzene rings is 9. The first-order valence-corrected chi connectivity index (χ1v) is 18.2. The number of hydrogen-bond acceptors (Lipinski definition) is 2. The van der Waals surface area contributed by atoms with Gasteiger partial charge in [-0.15, -0.1) is 0 Å². The molecule has 0 aromatic heterocycles. The Morgan fingerprint density at radius 3 is 1.70 bits per heavy atom. The highest BCUT2D eigenvalue weighted by atomic mass is 16.1. The molecular weight excluding hydrogens is 643 g/mol. The lowest BCUT2D eigenvalue weighted by Gasteiger charge is -2.28. The normalized spacial score (nSPS) is 14.4. The Hall–Kier alpha value is -6.90. The van der Waals surface area contributed by atoms with Crippen molar-refractivity contribution in [2.24, 2.45) is 4.99 Å². The van der Waals surface area contributed by atoms with Gasteiger partial charge in [-0.1, -0.05) is 170 Å². The van der Waals surface area contributed by atoms with Gasteiger partial charge in [0.1, 0.15) is 0 Å². The van der Waals surface area contributed by atoms with Crippen molar-refractivity contribution in [1.82, 2.24) is 0 Å². The van der Waals surface area contributed by atoms with E-state index < -0.39 is 0 Å². The molecule has 2 nitrogen and oxygen atoms in total. The predicted molar refractivity (Wildman–Crippen MR) is 220 cm³/mol. The van der Waals surface area contributed by atoms with E-state index >= 15 is 0 Å². The van der Waals surface area contributed by atoms with E-state index in [1.807, 2.05) is 18.2 Å². The molecule has 246 valence electrons. The van der Waals surface area contributed by atoms with Crippen molar-refractivity contribution in [3.63, 3.8) is 0 Å². The fourth-order valence-corrected chi connectivity index (χ4v) is 8.96. The molecule has 9 aromatic carbocycles. The summed E-state index contributed by atoms with van der Waals surface area (Å²) in [6.45, 7) is 0. The third kappa shape index (κ3) is 4.46. The van der Waals surface area contributed by atoms with Gasteiger partial charge in [0.05, 0.1) is 17.3 Å². The summed E-state index contributed by atoms with van der Waals surface area (Å²) in [5.41, 5.74) is 13.3. The summed E-state index contributed by atoms with van der Waals surface area (Å²) in [7, 11) is 0. The molecule has 1 unspecified atom stereocenters. The molecule has 0 radical (unpaired) electrons. The minimum Gasteiger partial charge on any atom is -0.289 e. The molecule has 0 fully saturated rings. The Kier molecular flexibility index (Phi) is 6.50. The second-order valence-corrected chi connectivity index (χ2v) is 14.1. The van der Waals surface area contributed by atoms with E-state index in [-0.39, 0.29) is 11.7 Å². The van der Waals surface area contributed by atoms with Gasteiger partial charge >= 0.3 is 0 Å². The third-order valence-corrected chi connectivity index (χ3v) is 11.3. The van der Waals surface area contributed by atoms with Crippen molar-refractivity contribution >= 4 is 49.5 Å². The van der Waals surface area contributed by atoms with Gasteiger partial charge in [0.15, 0.2) is 5.78 Å². The van der Waals surface area contributed by atoms with Crippen LogP contribution < -0.4 is 0 Å². The average Bonchev–Trinajstić information content (AvgIpc) is 3.62. The van der Waals surface area contributed by atoms with E-state index in [9.17, 15) is 4.79 Å². The van der Waals surface area contributed by atoms with Gasteiger partial charge in [-0.3, -0.25) is 9.79 Å². The van der Waals surface area contributed by atoms with Crippen molar-refractivity contribution in [3.05, 3.63) is 210 Å². The Balaban J connectivity index is 1.14. The number of rotatable bonds is 4. The molecule has 0 saturated carbocycles. The molecule has 1 aliphatic heterocycles. The van der Waals surface area contributed by atoms with Crippen LogP contribution in [-0.2, 0) is 0 Å². The Morgan fingerprint density at radius 2 is 0.962 bits per heavy atom. The molecule has 0 bridgehead atoms. The summed E-state index contributed by atoms with van der Waals surface area (Å²) >= 11 is 0. The third-order valence-electron chi connectivity index (χ3n) is 11.3. The molecule has 0 N–H and O–H groups in total. The van der Waals surface area contributed by atoms with Crippen molar-refractivity contribution in [1.29, 1.82) is 0 Å². The molecule has 11 rings (SSSR count). The van der Waals surface area contributed by atoms with Crippen LogP contribution in [-0.4, -0.2) is 11.5 Å². The summed E-state index contributed by atoms with van der Waals surface area (Å²) in [5.74, 6) is -0.0812. The number of aliphatic imine (C=N–C) groups is 1.